The van der Waals surface area contributed by atoms with Crippen LogP contribution < -0.4 is 5.73 Å². The number of anilines is 1. The third kappa shape index (κ3) is 1.91. The van der Waals surface area contributed by atoms with Crippen molar-refractivity contribution >= 4 is 27.5 Å². The second-order valence-electron chi connectivity index (χ2n) is 5.27. The Morgan fingerprint density at radius 3 is 2.67 bits per heavy atom. The van der Waals surface area contributed by atoms with Gasteiger partial charge >= 0.3 is 0 Å². The molecular formula is C13H15BrN2O2. The van der Waals surface area contributed by atoms with Gasteiger partial charge in [-0.3, -0.25) is 4.79 Å². The number of hydrogen-bond acceptors (Lipinski definition) is 3. The summed E-state index contributed by atoms with van der Waals surface area (Å²) in [5.74, 6) is 0.300. The van der Waals surface area contributed by atoms with Gasteiger partial charge in [0.25, 0.3) is 5.91 Å². The molecule has 1 amide bonds. The predicted octanol–water partition coefficient (Wildman–Crippen LogP) is 1.63. The van der Waals surface area contributed by atoms with Crippen LogP contribution in [0.3, 0.4) is 0 Å². The van der Waals surface area contributed by atoms with Gasteiger partial charge in [-0.1, -0.05) is 15.9 Å². The van der Waals surface area contributed by atoms with Crippen LogP contribution in [0.2, 0.25) is 0 Å². The van der Waals surface area contributed by atoms with Crippen LogP contribution in [0.1, 0.15) is 23.2 Å². The largest absolute Gasteiger partial charge is 0.398 e. The van der Waals surface area contributed by atoms with Crippen LogP contribution in [0, 0.1) is 5.92 Å². The van der Waals surface area contributed by atoms with Crippen molar-refractivity contribution in [1.82, 2.24) is 4.90 Å². The lowest BCUT2D eigenvalue weighted by Gasteiger charge is -2.47. The molecule has 0 bridgehead atoms. The van der Waals surface area contributed by atoms with E-state index in [1.165, 1.54) is 0 Å². The highest BCUT2D eigenvalue weighted by Crippen LogP contribution is 2.44. The quantitative estimate of drug-likeness (QED) is 0.816. The summed E-state index contributed by atoms with van der Waals surface area (Å²) in [6.45, 7) is 0.873. The van der Waals surface area contributed by atoms with E-state index in [9.17, 15) is 9.90 Å². The van der Waals surface area contributed by atoms with Crippen molar-refractivity contribution in [3.63, 3.8) is 0 Å². The minimum absolute atomic E-state index is 0.0923. The monoisotopic (exact) mass is 310 g/mol. The summed E-state index contributed by atoms with van der Waals surface area (Å²) < 4.78 is 0.856. The second-order valence-corrected chi connectivity index (χ2v) is 6.19. The van der Waals surface area contributed by atoms with E-state index < -0.39 is 5.60 Å². The van der Waals surface area contributed by atoms with Crippen LogP contribution in [0.15, 0.2) is 22.7 Å². The summed E-state index contributed by atoms with van der Waals surface area (Å²) in [7, 11) is 0. The van der Waals surface area contributed by atoms with Gasteiger partial charge in [0.2, 0.25) is 0 Å². The maximum Gasteiger partial charge on any atom is 0.256 e. The number of β-amino-alcohol motifs (C(OH)–C–C–N with tert-alkyl or cyclic N) is 1. The number of nitrogens with two attached hydrogens (primary N) is 1. The Balaban J connectivity index is 1.72. The van der Waals surface area contributed by atoms with Crippen molar-refractivity contribution in [2.45, 2.75) is 18.4 Å². The van der Waals surface area contributed by atoms with E-state index in [1.54, 1.807) is 23.1 Å². The summed E-state index contributed by atoms with van der Waals surface area (Å²) >= 11 is 3.31. The standard InChI is InChI=1S/C13H15BrN2O2/c14-9-3-4-10(11(15)5-9)12(17)16-6-13(18,7-16)8-1-2-8/h3-5,8,18H,1-2,6-7,15H2. The summed E-state index contributed by atoms with van der Waals surface area (Å²) in [6.07, 6.45) is 2.16. The van der Waals surface area contributed by atoms with Crippen molar-refractivity contribution < 1.29 is 9.90 Å². The lowest BCUT2D eigenvalue weighted by atomic mass is 9.88. The average Bonchev–Trinajstić information content (AvgIpc) is 3.08. The molecule has 5 heteroatoms. The second kappa shape index (κ2) is 3.96. The van der Waals surface area contributed by atoms with Crippen molar-refractivity contribution in [3.05, 3.63) is 28.2 Å². The van der Waals surface area contributed by atoms with Crippen molar-refractivity contribution in [3.8, 4) is 0 Å². The summed E-state index contributed by atoms with van der Waals surface area (Å²) in [5, 5.41) is 10.2. The summed E-state index contributed by atoms with van der Waals surface area (Å²) in [4.78, 5) is 13.9. The molecule has 1 heterocycles. The Morgan fingerprint density at radius 1 is 1.44 bits per heavy atom. The number of aliphatic hydroxyl groups is 1. The number of nitrogen functional groups attached to an aromatic ring is 1. The molecular weight excluding hydrogens is 296 g/mol. The number of benzene rings is 1. The molecule has 1 saturated heterocycles. The molecule has 1 aromatic carbocycles. The fraction of sp³-hybridized carbons (Fsp3) is 0.462. The first-order chi connectivity index (χ1) is 8.49. The van der Waals surface area contributed by atoms with Gasteiger partial charge in [0, 0.05) is 10.2 Å². The van der Waals surface area contributed by atoms with Crippen LogP contribution in [-0.2, 0) is 0 Å². The molecule has 3 rings (SSSR count). The number of amides is 1. The van der Waals surface area contributed by atoms with Crippen molar-refractivity contribution in [2.24, 2.45) is 5.92 Å². The fourth-order valence-corrected chi connectivity index (χ4v) is 2.91. The average molecular weight is 311 g/mol. The van der Waals surface area contributed by atoms with Gasteiger partial charge in [-0.15, -0.1) is 0 Å². The molecule has 1 aromatic rings. The number of rotatable bonds is 2. The van der Waals surface area contributed by atoms with Gasteiger partial charge in [-0.25, -0.2) is 0 Å². The van der Waals surface area contributed by atoms with E-state index in [0.29, 0.717) is 30.3 Å². The molecule has 0 spiro atoms. The van der Waals surface area contributed by atoms with E-state index >= 15 is 0 Å². The van der Waals surface area contributed by atoms with Crippen LogP contribution in [0.4, 0.5) is 5.69 Å². The lowest BCUT2D eigenvalue weighted by molar-refractivity contribution is -0.0957. The number of carbonyl (C=O) groups is 1. The molecule has 1 aliphatic heterocycles. The Labute approximate surface area is 114 Å². The highest BCUT2D eigenvalue weighted by molar-refractivity contribution is 9.10. The maximum atomic E-state index is 12.2. The first kappa shape index (κ1) is 12.0. The van der Waals surface area contributed by atoms with Crippen LogP contribution >= 0.6 is 15.9 Å². The molecule has 2 aliphatic rings. The minimum Gasteiger partial charge on any atom is -0.398 e. The zero-order valence-corrected chi connectivity index (χ0v) is 11.5. The number of hydrogen-bond donors (Lipinski definition) is 2. The van der Waals surface area contributed by atoms with Gasteiger partial charge in [-0.2, -0.15) is 0 Å². The molecule has 96 valence electrons. The van der Waals surface area contributed by atoms with Gasteiger partial charge in [0.05, 0.1) is 18.7 Å². The van der Waals surface area contributed by atoms with Crippen molar-refractivity contribution in [2.75, 3.05) is 18.8 Å². The smallest absolute Gasteiger partial charge is 0.256 e. The third-order valence-corrected chi connectivity index (χ3v) is 4.29. The lowest BCUT2D eigenvalue weighted by Crippen LogP contribution is -2.64. The molecule has 4 nitrogen and oxygen atoms in total. The highest BCUT2D eigenvalue weighted by Gasteiger charge is 2.53. The van der Waals surface area contributed by atoms with Gasteiger partial charge in [0.15, 0.2) is 0 Å². The molecule has 0 atom stereocenters. The number of halogens is 1. The Kier molecular flexibility index (Phi) is 2.64. The maximum absolute atomic E-state index is 12.2. The van der Waals surface area contributed by atoms with Crippen molar-refractivity contribution in [1.29, 1.82) is 0 Å². The molecule has 2 fully saturated rings. The van der Waals surface area contributed by atoms with Crippen LogP contribution in [0.25, 0.3) is 0 Å². The number of carbonyl (C=O) groups excluding carboxylic acids is 1. The molecule has 3 N–H and O–H groups in total. The molecule has 0 aromatic heterocycles. The minimum atomic E-state index is -0.639. The first-order valence-corrected chi connectivity index (χ1v) is 6.85. The third-order valence-electron chi connectivity index (χ3n) is 3.80. The molecule has 0 unspecified atom stereocenters. The molecule has 1 aliphatic carbocycles. The summed E-state index contributed by atoms with van der Waals surface area (Å²) in [5.41, 5.74) is 6.18. The Bertz CT molecular complexity index is 508. The van der Waals surface area contributed by atoms with Crippen LogP contribution in [-0.4, -0.2) is 34.6 Å². The van der Waals surface area contributed by atoms with Gasteiger partial charge < -0.3 is 15.7 Å². The van der Waals surface area contributed by atoms with E-state index in [2.05, 4.69) is 15.9 Å². The fourth-order valence-electron chi connectivity index (χ4n) is 2.54. The SMILES string of the molecule is Nc1cc(Br)ccc1C(=O)N1CC(O)(C2CC2)C1. The Hall–Kier alpha value is -1.07. The normalized spacial score (nSPS) is 21.6. The van der Waals surface area contributed by atoms with Gasteiger partial charge in [-0.05, 0) is 37.0 Å². The molecule has 0 radical (unpaired) electrons. The number of nitrogens with zero attached hydrogens (tertiary/aromatic N) is 1. The van der Waals surface area contributed by atoms with E-state index in [0.717, 1.165) is 17.3 Å². The van der Waals surface area contributed by atoms with Crippen LogP contribution in [0.5, 0.6) is 0 Å². The topological polar surface area (TPSA) is 66.6 Å². The van der Waals surface area contributed by atoms with E-state index in [4.69, 9.17) is 5.73 Å². The summed E-state index contributed by atoms with van der Waals surface area (Å²) in [6, 6.07) is 5.24. The Morgan fingerprint density at radius 2 is 2.11 bits per heavy atom. The predicted molar refractivity (Wildman–Crippen MR) is 72.1 cm³/mol. The number of likely N-dealkylation sites (tertiary alicyclic amines) is 1. The van der Waals surface area contributed by atoms with E-state index in [-0.39, 0.29) is 5.91 Å². The highest BCUT2D eigenvalue weighted by atomic mass is 79.9. The zero-order chi connectivity index (χ0) is 12.9. The zero-order valence-electron chi connectivity index (χ0n) is 9.90. The van der Waals surface area contributed by atoms with Gasteiger partial charge in [0.1, 0.15) is 5.60 Å². The molecule has 1 saturated carbocycles. The van der Waals surface area contributed by atoms with E-state index in [1.807, 2.05) is 0 Å². The first-order valence-electron chi connectivity index (χ1n) is 6.06. The molecule has 18 heavy (non-hydrogen) atoms.